The predicted molar refractivity (Wildman–Crippen MR) is 99.4 cm³/mol. The fourth-order valence-corrected chi connectivity index (χ4v) is 2.26. The molecule has 0 radical (unpaired) electrons. The lowest BCUT2D eigenvalue weighted by atomic mass is 10.1. The van der Waals surface area contributed by atoms with Gasteiger partial charge in [-0.15, -0.1) is 0 Å². The zero-order valence-corrected chi connectivity index (χ0v) is 14.9. The van der Waals surface area contributed by atoms with Gasteiger partial charge in [-0.3, -0.25) is 4.79 Å². The highest BCUT2D eigenvalue weighted by molar-refractivity contribution is 6.09. The maximum Gasteiger partial charge on any atom is 0.266 e. The number of methoxy groups -OCH3 is 2. The van der Waals surface area contributed by atoms with E-state index in [9.17, 15) is 10.1 Å². The van der Waals surface area contributed by atoms with Gasteiger partial charge in [0.05, 0.1) is 20.8 Å². The van der Waals surface area contributed by atoms with Crippen LogP contribution >= 0.6 is 0 Å². The van der Waals surface area contributed by atoms with Gasteiger partial charge >= 0.3 is 0 Å². The van der Waals surface area contributed by atoms with E-state index in [1.807, 2.05) is 13.0 Å². The normalized spacial score (nSPS) is 10.6. The SMILES string of the molecule is CCOc1ccc(/C=C(\C#N)C(=O)Nc2cccc(OC)c2)cc1OC. The molecule has 0 aliphatic heterocycles. The molecule has 1 amide bonds. The highest BCUT2D eigenvalue weighted by Crippen LogP contribution is 2.29. The van der Waals surface area contributed by atoms with Crippen LogP contribution in [0.15, 0.2) is 48.0 Å². The van der Waals surface area contributed by atoms with Gasteiger partial charge in [0.1, 0.15) is 17.4 Å². The van der Waals surface area contributed by atoms with E-state index < -0.39 is 5.91 Å². The summed E-state index contributed by atoms with van der Waals surface area (Å²) in [6.45, 7) is 2.39. The summed E-state index contributed by atoms with van der Waals surface area (Å²) in [6, 6.07) is 14.0. The number of nitrogens with zero attached hydrogens (tertiary/aromatic N) is 1. The topological polar surface area (TPSA) is 80.6 Å². The standard InChI is InChI=1S/C20H20N2O4/c1-4-26-18-9-8-14(11-19(18)25-3)10-15(13-21)20(23)22-16-6-5-7-17(12-16)24-2/h5-12H,4H2,1-3H3,(H,22,23)/b15-10+. The number of nitriles is 1. The summed E-state index contributed by atoms with van der Waals surface area (Å²) in [6.07, 6.45) is 1.49. The van der Waals surface area contributed by atoms with Gasteiger partial charge in [-0.2, -0.15) is 5.26 Å². The van der Waals surface area contributed by atoms with Gasteiger partial charge < -0.3 is 19.5 Å². The molecule has 2 rings (SSSR count). The Labute approximate surface area is 152 Å². The average molecular weight is 352 g/mol. The van der Waals surface area contributed by atoms with E-state index >= 15 is 0 Å². The third kappa shape index (κ3) is 4.77. The van der Waals surface area contributed by atoms with Crippen LogP contribution in [0.1, 0.15) is 12.5 Å². The van der Waals surface area contributed by atoms with Gasteiger partial charge in [0.25, 0.3) is 5.91 Å². The van der Waals surface area contributed by atoms with Crippen LogP contribution in [-0.4, -0.2) is 26.7 Å². The molecule has 26 heavy (non-hydrogen) atoms. The lowest BCUT2D eigenvalue weighted by molar-refractivity contribution is -0.112. The number of ether oxygens (including phenoxy) is 3. The van der Waals surface area contributed by atoms with E-state index in [0.29, 0.717) is 35.1 Å². The molecule has 2 aromatic carbocycles. The van der Waals surface area contributed by atoms with Gasteiger partial charge in [0.15, 0.2) is 11.5 Å². The van der Waals surface area contributed by atoms with Crippen molar-refractivity contribution < 1.29 is 19.0 Å². The minimum absolute atomic E-state index is 0.0287. The van der Waals surface area contributed by atoms with E-state index in [-0.39, 0.29) is 5.57 Å². The summed E-state index contributed by atoms with van der Waals surface area (Å²) in [5.41, 5.74) is 1.17. The van der Waals surface area contributed by atoms with Gasteiger partial charge in [0.2, 0.25) is 0 Å². The molecule has 6 heteroatoms. The number of hydrogen-bond donors (Lipinski definition) is 1. The molecule has 0 saturated heterocycles. The summed E-state index contributed by atoms with van der Waals surface area (Å²) in [4.78, 5) is 12.4. The van der Waals surface area contributed by atoms with E-state index in [4.69, 9.17) is 14.2 Å². The van der Waals surface area contributed by atoms with Gasteiger partial charge in [-0.1, -0.05) is 12.1 Å². The van der Waals surface area contributed by atoms with E-state index in [0.717, 1.165) is 0 Å². The first kappa shape index (κ1) is 18.9. The lowest BCUT2D eigenvalue weighted by Crippen LogP contribution is -2.13. The monoisotopic (exact) mass is 352 g/mol. The molecule has 0 aliphatic carbocycles. The Morgan fingerprint density at radius 1 is 1.15 bits per heavy atom. The maximum absolute atomic E-state index is 12.4. The fourth-order valence-electron chi connectivity index (χ4n) is 2.26. The second kappa shape index (κ2) is 9.14. The Morgan fingerprint density at radius 3 is 2.62 bits per heavy atom. The van der Waals surface area contributed by atoms with Crippen LogP contribution in [-0.2, 0) is 4.79 Å². The zero-order valence-electron chi connectivity index (χ0n) is 14.9. The third-order valence-corrected chi connectivity index (χ3v) is 3.49. The molecule has 0 fully saturated rings. The molecule has 0 spiro atoms. The van der Waals surface area contributed by atoms with Crippen LogP contribution in [0.4, 0.5) is 5.69 Å². The largest absolute Gasteiger partial charge is 0.497 e. The molecule has 134 valence electrons. The number of anilines is 1. The molecule has 1 N–H and O–H groups in total. The average Bonchev–Trinajstić information content (AvgIpc) is 2.67. The van der Waals surface area contributed by atoms with Gasteiger partial charge in [-0.25, -0.2) is 0 Å². The van der Waals surface area contributed by atoms with Crippen molar-refractivity contribution in [3.05, 3.63) is 53.6 Å². The number of benzene rings is 2. The van der Waals surface area contributed by atoms with Gasteiger partial charge in [-0.05, 0) is 42.8 Å². The Balaban J connectivity index is 2.23. The first-order chi connectivity index (χ1) is 12.6. The Hall–Kier alpha value is -3.46. The number of carbonyl (C=O) groups excluding carboxylic acids is 1. The molecule has 0 aliphatic rings. The van der Waals surface area contributed by atoms with Crippen molar-refractivity contribution in [1.82, 2.24) is 0 Å². The molecule has 0 aromatic heterocycles. The molecule has 0 atom stereocenters. The van der Waals surface area contributed by atoms with Crippen molar-refractivity contribution in [3.63, 3.8) is 0 Å². The summed E-state index contributed by atoms with van der Waals surface area (Å²) in [7, 11) is 3.08. The minimum atomic E-state index is -0.506. The van der Waals surface area contributed by atoms with Crippen LogP contribution in [0.3, 0.4) is 0 Å². The van der Waals surface area contributed by atoms with Crippen molar-refractivity contribution >= 4 is 17.7 Å². The molecular formula is C20H20N2O4. The minimum Gasteiger partial charge on any atom is -0.497 e. The molecular weight excluding hydrogens is 332 g/mol. The summed E-state index contributed by atoms with van der Waals surface area (Å²) in [5.74, 6) is 1.24. The third-order valence-electron chi connectivity index (χ3n) is 3.49. The quantitative estimate of drug-likeness (QED) is 0.608. The number of rotatable bonds is 7. The molecule has 0 bridgehead atoms. The first-order valence-electron chi connectivity index (χ1n) is 7.99. The van der Waals surface area contributed by atoms with Crippen LogP contribution in [0.5, 0.6) is 17.2 Å². The molecule has 0 heterocycles. The van der Waals surface area contributed by atoms with E-state index in [2.05, 4.69) is 5.32 Å². The molecule has 0 saturated carbocycles. The zero-order chi connectivity index (χ0) is 18.9. The van der Waals surface area contributed by atoms with Crippen molar-refractivity contribution in [1.29, 1.82) is 5.26 Å². The smallest absolute Gasteiger partial charge is 0.266 e. The van der Waals surface area contributed by atoms with Crippen LogP contribution in [0.25, 0.3) is 6.08 Å². The summed E-state index contributed by atoms with van der Waals surface area (Å²) >= 11 is 0. The van der Waals surface area contributed by atoms with Crippen LogP contribution in [0.2, 0.25) is 0 Å². The molecule has 2 aromatic rings. The second-order valence-corrected chi connectivity index (χ2v) is 5.20. The fraction of sp³-hybridized carbons (Fsp3) is 0.200. The Morgan fingerprint density at radius 2 is 1.96 bits per heavy atom. The van der Waals surface area contributed by atoms with Crippen molar-refractivity contribution in [3.8, 4) is 23.3 Å². The second-order valence-electron chi connectivity index (χ2n) is 5.20. The number of nitrogens with one attached hydrogen (secondary N) is 1. The number of carbonyl (C=O) groups is 1. The summed E-state index contributed by atoms with van der Waals surface area (Å²) in [5, 5.41) is 12.0. The van der Waals surface area contributed by atoms with E-state index in [1.165, 1.54) is 13.2 Å². The lowest BCUT2D eigenvalue weighted by Gasteiger charge is -2.10. The molecule has 0 unspecified atom stereocenters. The first-order valence-corrected chi connectivity index (χ1v) is 7.99. The van der Waals surface area contributed by atoms with E-state index in [1.54, 1.807) is 49.6 Å². The highest BCUT2D eigenvalue weighted by atomic mass is 16.5. The maximum atomic E-state index is 12.4. The van der Waals surface area contributed by atoms with Gasteiger partial charge in [0, 0.05) is 11.8 Å². The number of hydrogen-bond acceptors (Lipinski definition) is 5. The van der Waals surface area contributed by atoms with Crippen molar-refractivity contribution in [2.24, 2.45) is 0 Å². The number of amides is 1. The summed E-state index contributed by atoms with van der Waals surface area (Å²) < 4.78 is 15.9. The molecule has 6 nitrogen and oxygen atoms in total. The predicted octanol–water partition coefficient (Wildman–Crippen LogP) is 3.65. The van der Waals surface area contributed by atoms with Crippen molar-refractivity contribution in [2.75, 3.05) is 26.1 Å². The van der Waals surface area contributed by atoms with Crippen molar-refractivity contribution in [2.45, 2.75) is 6.92 Å². The Bertz CT molecular complexity index is 853. The Kier molecular flexibility index (Phi) is 6.63. The highest BCUT2D eigenvalue weighted by Gasteiger charge is 2.11. The van der Waals surface area contributed by atoms with Crippen LogP contribution < -0.4 is 19.5 Å². The van der Waals surface area contributed by atoms with Crippen LogP contribution in [0, 0.1) is 11.3 Å².